The van der Waals surface area contributed by atoms with Gasteiger partial charge in [0.25, 0.3) is 0 Å². The van der Waals surface area contributed by atoms with Crippen molar-refractivity contribution in [3.05, 3.63) is 47.8 Å². The van der Waals surface area contributed by atoms with Crippen molar-refractivity contribution in [2.75, 3.05) is 0 Å². The molecule has 0 bridgehead atoms. The summed E-state index contributed by atoms with van der Waals surface area (Å²) < 4.78 is 1.89. The second-order valence-corrected chi connectivity index (χ2v) is 7.48. The summed E-state index contributed by atoms with van der Waals surface area (Å²) in [7, 11) is 0. The lowest BCUT2D eigenvalue weighted by atomic mass is 9.81. The summed E-state index contributed by atoms with van der Waals surface area (Å²) in [4.78, 5) is 12.7. The van der Waals surface area contributed by atoms with Crippen LogP contribution in [0.5, 0.6) is 0 Å². The number of hydrogen-bond donors (Lipinski definition) is 0. The first-order chi connectivity index (χ1) is 9.62. The number of carbonyl (C=O) groups excluding carboxylic acids is 1. The Morgan fingerprint density at radius 1 is 1.00 bits per heavy atom. The molecule has 2 rings (SSSR count). The molecular weight excluding hydrogens is 260 g/mol. The van der Waals surface area contributed by atoms with E-state index in [2.05, 4.69) is 25.9 Å². The largest absolute Gasteiger partial charge is 0.293 e. The molecule has 1 heterocycles. The third-order valence-electron chi connectivity index (χ3n) is 3.41. The Morgan fingerprint density at radius 2 is 1.57 bits per heavy atom. The van der Waals surface area contributed by atoms with Crippen molar-refractivity contribution in [1.29, 1.82) is 0 Å². The van der Waals surface area contributed by atoms with Crippen molar-refractivity contribution in [3.8, 4) is 5.69 Å². The number of rotatable bonds is 2. The molecule has 0 aliphatic rings. The van der Waals surface area contributed by atoms with Crippen LogP contribution in [0.1, 0.15) is 57.6 Å². The molecule has 0 fully saturated rings. The molecule has 21 heavy (non-hydrogen) atoms. The zero-order valence-corrected chi connectivity index (χ0v) is 13.8. The molecule has 3 heteroatoms. The maximum Gasteiger partial charge on any atom is 0.171 e. The van der Waals surface area contributed by atoms with Crippen LogP contribution in [-0.4, -0.2) is 15.6 Å². The van der Waals surface area contributed by atoms with Gasteiger partial charge < -0.3 is 0 Å². The monoisotopic (exact) mass is 284 g/mol. The molecule has 0 atom stereocenters. The van der Waals surface area contributed by atoms with E-state index in [0.29, 0.717) is 0 Å². The van der Waals surface area contributed by atoms with Crippen molar-refractivity contribution < 1.29 is 4.79 Å². The van der Waals surface area contributed by atoms with E-state index in [-0.39, 0.29) is 11.2 Å². The van der Waals surface area contributed by atoms with E-state index < -0.39 is 5.41 Å². The topological polar surface area (TPSA) is 34.9 Å². The van der Waals surface area contributed by atoms with E-state index in [0.717, 1.165) is 16.9 Å². The molecule has 1 aromatic carbocycles. The van der Waals surface area contributed by atoms with Gasteiger partial charge in [0.05, 0.1) is 23.1 Å². The second kappa shape index (κ2) is 5.14. The van der Waals surface area contributed by atoms with Crippen LogP contribution in [0.3, 0.4) is 0 Å². The molecule has 0 radical (unpaired) electrons. The van der Waals surface area contributed by atoms with Crippen LogP contribution >= 0.6 is 0 Å². The zero-order chi connectivity index (χ0) is 15.8. The highest BCUT2D eigenvalue weighted by molar-refractivity contribution is 6.01. The number of benzene rings is 1. The molecule has 112 valence electrons. The van der Waals surface area contributed by atoms with Gasteiger partial charge in [-0.3, -0.25) is 4.79 Å². The van der Waals surface area contributed by atoms with Crippen molar-refractivity contribution in [2.24, 2.45) is 5.41 Å². The summed E-state index contributed by atoms with van der Waals surface area (Å²) >= 11 is 0. The number of para-hydroxylation sites is 1. The number of Topliss-reactive ketones (excluding diaryl/α,β-unsaturated/α-hetero) is 1. The summed E-state index contributed by atoms with van der Waals surface area (Å²) in [5.74, 6) is 0.134. The quantitative estimate of drug-likeness (QED) is 0.766. The maximum absolute atomic E-state index is 12.7. The van der Waals surface area contributed by atoms with Gasteiger partial charge in [-0.15, -0.1) is 0 Å². The van der Waals surface area contributed by atoms with Gasteiger partial charge in [0, 0.05) is 10.8 Å². The predicted molar refractivity (Wildman–Crippen MR) is 86.0 cm³/mol. The van der Waals surface area contributed by atoms with Crippen LogP contribution in [-0.2, 0) is 5.41 Å². The third-order valence-corrected chi connectivity index (χ3v) is 3.41. The normalized spacial score (nSPS) is 12.5. The first-order valence-electron chi connectivity index (χ1n) is 7.31. The molecule has 0 saturated heterocycles. The van der Waals surface area contributed by atoms with Crippen molar-refractivity contribution in [3.63, 3.8) is 0 Å². The number of nitrogens with zero attached hydrogens (tertiary/aromatic N) is 2. The molecule has 3 nitrogen and oxygen atoms in total. The van der Waals surface area contributed by atoms with E-state index >= 15 is 0 Å². The first-order valence-corrected chi connectivity index (χ1v) is 7.31. The summed E-state index contributed by atoms with van der Waals surface area (Å²) in [6, 6.07) is 9.95. The lowest BCUT2D eigenvalue weighted by Crippen LogP contribution is -2.26. The van der Waals surface area contributed by atoms with Crippen LogP contribution in [0.2, 0.25) is 0 Å². The molecule has 0 saturated carbocycles. The number of carbonyl (C=O) groups is 1. The van der Waals surface area contributed by atoms with E-state index in [1.807, 2.05) is 55.8 Å². The molecule has 1 aromatic heterocycles. The van der Waals surface area contributed by atoms with E-state index in [4.69, 9.17) is 0 Å². The highest BCUT2D eigenvalue weighted by atomic mass is 16.1. The minimum atomic E-state index is -0.412. The minimum absolute atomic E-state index is 0.134. The average Bonchev–Trinajstić information content (AvgIpc) is 2.82. The average molecular weight is 284 g/mol. The van der Waals surface area contributed by atoms with Crippen LogP contribution in [0.15, 0.2) is 36.5 Å². The molecule has 0 unspecified atom stereocenters. The molecule has 0 aliphatic heterocycles. The number of ketones is 1. The standard InChI is InChI=1S/C18H24N2O/c1-17(2,3)15-14(16(21)18(4,5)6)12-19-20(15)13-10-8-7-9-11-13/h7-12H,1-6H3. The van der Waals surface area contributed by atoms with Crippen molar-refractivity contribution in [2.45, 2.75) is 47.0 Å². The van der Waals surface area contributed by atoms with Crippen LogP contribution in [0, 0.1) is 5.41 Å². The van der Waals surface area contributed by atoms with Crippen LogP contribution in [0.4, 0.5) is 0 Å². The fraction of sp³-hybridized carbons (Fsp3) is 0.444. The molecule has 0 spiro atoms. The minimum Gasteiger partial charge on any atom is -0.293 e. The Labute approximate surface area is 127 Å². The van der Waals surface area contributed by atoms with Crippen LogP contribution in [0.25, 0.3) is 5.69 Å². The van der Waals surface area contributed by atoms with Crippen LogP contribution < -0.4 is 0 Å². The lowest BCUT2D eigenvalue weighted by molar-refractivity contribution is 0.0856. The molecule has 0 aliphatic carbocycles. The Hall–Kier alpha value is -1.90. The Balaban J connectivity index is 2.66. The Kier molecular flexibility index (Phi) is 3.79. The molecular formula is C18H24N2O. The number of aromatic nitrogens is 2. The maximum atomic E-state index is 12.7. The fourth-order valence-corrected chi connectivity index (χ4v) is 2.41. The van der Waals surface area contributed by atoms with Crippen molar-refractivity contribution in [1.82, 2.24) is 9.78 Å². The highest BCUT2D eigenvalue weighted by Gasteiger charge is 2.32. The summed E-state index contributed by atoms with van der Waals surface area (Å²) in [5.41, 5.74) is 2.09. The van der Waals surface area contributed by atoms with Gasteiger partial charge in [-0.05, 0) is 12.1 Å². The summed E-state index contributed by atoms with van der Waals surface area (Å²) in [6.45, 7) is 12.2. The van der Waals surface area contributed by atoms with Gasteiger partial charge in [0.15, 0.2) is 5.78 Å². The van der Waals surface area contributed by atoms with Gasteiger partial charge >= 0.3 is 0 Å². The van der Waals surface area contributed by atoms with Gasteiger partial charge in [-0.2, -0.15) is 5.10 Å². The van der Waals surface area contributed by atoms with Crippen molar-refractivity contribution >= 4 is 5.78 Å². The second-order valence-electron chi connectivity index (χ2n) is 7.48. The third kappa shape index (κ3) is 3.07. The highest BCUT2D eigenvalue weighted by Crippen LogP contribution is 2.32. The summed E-state index contributed by atoms with van der Waals surface area (Å²) in [6.07, 6.45) is 1.71. The van der Waals surface area contributed by atoms with Gasteiger partial charge in [0.2, 0.25) is 0 Å². The Morgan fingerprint density at radius 3 is 2.05 bits per heavy atom. The van der Waals surface area contributed by atoms with Gasteiger partial charge in [-0.1, -0.05) is 59.7 Å². The lowest BCUT2D eigenvalue weighted by Gasteiger charge is -2.24. The SMILES string of the molecule is CC(C)(C)C(=O)c1cnn(-c2ccccc2)c1C(C)(C)C. The number of hydrogen-bond acceptors (Lipinski definition) is 2. The molecule has 2 aromatic rings. The summed E-state index contributed by atoms with van der Waals surface area (Å²) in [5, 5.41) is 4.48. The molecule has 0 N–H and O–H groups in total. The zero-order valence-electron chi connectivity index (χ0n) is 13.8. The molecule has 0 amide bonds. The van der Waals surface area contributed by atoms with E-state index in [1.54, 1.807) is 6.20 Å². The Bertz CT molecular complexity index is 640. The van der Waals surface area contributed by atoms with Gasteiger partial charge in [-0.25, -0.2) is 4.68 Å². The predicted octanol–water partition coefficient (Wildman–Crippen LogP) is 4.40. The fourth-order valence-electron chi connectivity index (χ4n) is 2.41. The van der Waals surface area contributed by atoms with E-state index in [1.165, 1.54) is 0 Å². The smallest absolute Gasteiger partial charge is 0.171 e. The first kappa shape index (κ1) is 15.5. The van der Waals surface area contributed by atoms with E-state index in [9.17, 15) is 4.79 Å². The van der Waals surface area contributed by atoms with Gasteiger partial charge in [0.1, 0.15) is 0 Å².